The van der Waals surface area contributed by atoms with Crippen molar-refractivity contribution in [1.29, 1.82) is 0 Å². The van der Waals surface area contributed by atoms with Gasteiger partial charge in [-0.2, -0.15) is 0 Å². The lowest BCUT2D eigenvalue weighted by Crippen LogP contribution is -2.35. The summed E-state index contributed by atoms with van der Waals surface area (Å²) in [6.45, 7) is 0. The van der Waals surface area contributed by atoms with E-state index in [1.54, 1.807) is 48.5 Å². The number of anilines is 1. The van der Waals surface area contributed by atoms with E-state index in [-0.39, 0.29) is 5.75 Å². The third kappa shape index (κ3) is 4.32. The molecule has 0 atom stereocenters. The molecule has 0 heterocycles. The van der Waals surface area contributed by atoms with Crippen LogP contribution < -0.4 is 10.2 Å². The van der Waals surface area contributed by atoms with Crippen molar-refractivity contribution in [1.82, 2.24) is 0 Å². The molecule has 0 radical (unpaired) electrons. The molecule has 7 heteroatoms. The zero-order chi connectivity index (χ0) is 15.3. The molecule has 0 fully saturated rings. The van der Waals surface area contributed by atoms with Crippen LogP contribution in [0.3, 0.4) is 0 Å². The van der Waals surface area contributed by atoms with Gasteiger partial charge in [0.2, 0.25) is 10.0 Å². The molecule has 2 rings (SSSR count). The van der Waals surface area contributed by atoms with Crippen LogP contribution >= 0.6 is 0 Å². The van der Waals surface area contributed by atoms with Gasteiger partial charge in [-0.05, 0) is 11.6 Å². The average molecular weight is 305 g/mol. The van der Waals surface area contributed by atoms with E-state index >= 15 is 0 Å². The molecular formula is C14H16BNO4S. The summed E-state index contributed by atoms with van der Waals surface area (Å²) in [5.74, 6) is -0.134. The summed E-state index contributed by atoms with van der Waals surface area (Å²) in [7, 11) is -3.40. The molecule has 0 spiro atoms. The average Bonchev–Trinajstić information content (AvgIpc) is 2.47. The van der Waals surface area contributed by atoms with Crippen LogP contribution in [0.15, 0.2) is 54.6 Å². The van der Waals surface area contributed by atoms with Crippen molar-refractivity contribution in [2.75, 3.05) is 11.8 Å². The third-order valence-corrected chi connectivity index (χ3v) is 4.16. The standard InChI is InChI=1S/C14H16BNO4S/c1-20-15(17)13-9-5-6-10-14(13)16-21(18,19)11-12-7-3-2-4-8-12/h2-10,16-17H,11H2,1H3. The Kier molecular flexibility index (Phi) is 5.00. The van der Waals surface area contributed by atoms with Gasteiger partial charge in [-0.25, -0.2) is 8.42 Å². The Labute approximate surface area is 124 Å². The van der Waals surface area contributed by atoms with Crippen molar-refractivity contribution >= 4 is 28.3 Å². The second-order valence-corrected chi connectivity index (χ2v) is 6.24. The summed E-state index contributed by atoms with van der Waals surface area (Å²) in [5, 5.41) is 9.74. The fraction of sp³-hybridized carbons (Fsp3) is 0.143. The molecule has 2 aromatic carbocycles. The maximum atomic E-state index is 12.2. The lowest BCUT2D eigenvalue weighted by molar-refractivity contribution is 0.342. The van der Waals surface area contributed by atoms with Crippen LogP contribution in [0, 0.1) is 0 Å². The number of benzene rings is 2. The predicted octanol–water partition coefficient (Wildman–Crippen LogP) is 0.962. The van der Waals surface area contributed by atoms with E-state index in [4.69, 9.17) is 4.65 Å². The summed E-state index contributed by atoms with van der Waals surface area (Å²) in [5.41, 5.74) is 1.37. The highest BCUT2D eigenvalue weighted by atomic mass is 32.2. The van der Waals surface area contributed by atoms with Gasteiger partial charge in [-0.15, -0.1) is 0 Å². The first-order valence-corrected chi connectivity index (χ1v) is 8.01. The maximum absolute atomic E-state index is 12.2. The van der Waals surface area contributed by atoms with E-state index in [9.17, 15) is 13.4 Å². The van der Waals surface area contributed by atoms with Crippen LogP contribution in [-0.2, 0) is 20.4 Å². The topological polar surface area (TPSA) is 75.6 Å². The molecule has 0 aliphatic carbocycles. The Morgan fingerprint density at radius 3 is 2.38 bits per heavy atom. The van der Waals surface area contributed by atoms with Crippen molar-refractivity contribution in [3.05, 3.63) is 60.2 Å². The molecule has 0 aromatic heterocycles. The zero-order valence-corrected chi connectivity index (χ0v) is 12.4. The highest BCUT2D eigenvalue weighted by molar-refractivity contribution is 7.91. The van der Waals surface area contributed by atoms with Crippen LogP contribution in [0.5, 0.6) is 0 Å². The smallest absolute Gasteiger partial charge is 0.423 e. The molecule has 0 bridgehead atoms. The van der Waals surface area contributed by atoms with Crippen molar-refractivity contribution in [3.8, 4) is 0 Å². The van der Waals surface area contributed by atoms with Crippen molar-refractivity contribution in [3.63, 3.8) is 0 Å². The first kappa shape index (κ1) is 15.6. The SMILES string of the molecule is COB(O)c1ccccc1NS(=O)(=O)Cc1ccccc1. The molecule has 0 unspecified atom stereocenters. The molecule has 0 amide bonds. The Morgan fingerprint density at radius 1 is 1.10 bits per heavy atom. The van der Waals surface area contributed by atoms with E-state index < -0.39 is 17.1 Å². The summed E-state index contributed by atoms with van der Waals surface area (Å²) < 4.78 is 31.7. The minimum Gasteiger partial charge on any atom is -0.423 e. The quantitative estimate of drug-likeness (QED) is 0.780. The van der Waals surface area contributed by atoms with E-state index in [0.29, 0.717) is 16.7 Å². The summed E-state index contributed by atoms with van der Waals surface area (Å²) in [6.07, 6.45) is 0. The van der Waals surface area contributed by atoms with E-state index in [1.807, 2.05) is 6.07 Å². The zero-order valence-electron chi connectivity index (χ0n) is 11.6. The number of rotatable bonds is 6. The van der Waals surface area contributed by atoms with Crippen LogP contribution in [0.4, 0.5) is 5.69 Å². The Balaban J connectivity index is 2.21. The fourth-order valence-corrected chi connectivity index (χ4v) is 3.15. The van der Waals surface area contributed by atoms with E-state index in [1.165, 1.54) is 7.11 Å². The Bertz CT molecular complexity index is 691. The number of nitrogens with one attached hydrogen (secondary N) is 1. The van der Waals surface area contributed by atoms with Gasteiger partial charge in [0, 0.05) is 18.3 Å². The molecule has 0 aliphatic heterocycles. The van der Waals surface area contributed by atoms with Crippen LogP contribution in [0.2, 0.25) is 0 Å². The normalized spacial score (nSPS) is 11.1. The van der Waals surface area contributed by atoms with Crippen LogP contribution in [0.25, 0.3) is 0 Å². The summed E-state index contributed by atoms with van der Waals surface area (Å²) in [4.78, 5) is 0. The molecule has 0 saturated carbocycles. The predicted molar refractivity (Wildman–Crippen MR) is 83.7 cm³/mol. The molecule has 2 aromatic rings. The van der Waals surface area contributed by atoms with Gasteiger partial charge >= 0.3 is 7.12 Å². The molecular weight excluding hydrogens is 289 g/mol. The molecule has 110 valence electrons. The second kappa shape index (κ2) is 6.75. The van der Waals surface area contributed by atoms with Gasteiger partial charge < -0.3 is 9.68 Å². The minimum absolute atomic E-state index is 0.134. The van der Waals surface area contributed by atoms with Gasteiger partial charge in [-0.1, -0.05) is 48.5 Å². The minimum atomic E-state index is -3.57. The summed E-state index contributed by atoms with van der Waals surface area (Å²) in [6, 6.07) is 15.5. The van der Waals surface area contributed by atoms with Gasteiger partial charge in [0.05, 0.1) is 5.75 Å². The van der Waals surface area contributed by atoms with Crippen LogP contribution in [0.1, 0.15) is 5.56 Å². The largest absolute Gasteiger partial charge is 0.493 e. The van der Waals surface area contributed by atoms with Crippen molar-refractivity contribution < 1.29 is 18.1 Å². The lowest BCUT2D eigenvalue weighted by Gasteiger charge is -2.13. The molecule has 0 saturated heterocycles. The number of hydrogen-bond donors (Lipinski definition) is 2. The van der Waals surface area contributed by atoms with Gasteiger partial charge in [0.15, 0.2) is 0 Å². The van der Waals surface area contributed by atoms with Gasteiger partial charge in [-0.3, -0.25) is 4.72 Å². The first-order valence-electron chi connectivity index (χ1n) is 6.36. The van der Waals surface area contributed by atoms with Gasteiger partial charge in [0.1, 0.15) is 0 Å². The highest BCUT2D eigenvalue weighted by Gasteiger charge is 2.21. The Morgan fingerprint density at radius 2 is 1.71 bits per heavy atom. The fourth-order valence-electron chi connectivity index (χ4n) is 1.93. The number of para-hydroxylation sites is 1. The van der Waals surface area contributed by atoms with Crippen LogP contribution in [-0.4, -0.2) is 27.7 Å². The van der Waals surface area contributed by atoms with Gasteiger partial charge in [0.25, 0.3) is 0 Å². The molecule has 21 heavy (non-hydrogen) atoms. The maximum Gasteiger partial charge on any atom is 0.493 e. The monoisotopic (exact) mass is 305 g/mol. The summed E-state index contributed by atoms with van der Waals surface area (Å²) >= 11 is 0. The number of sulfonamides is 1. The van der Waals surface area contributed by atoms with E-state index in [0.717, 1.165) is 0 Å². The number of hydrogen-bond acceptors (Lipinski definition) is 4. The lowest BCUT2D eigenvalue weighted by atomic mass is 9.78. The van der Waals surface area contributed by atoms with Crippen molar-refractivity contribution in [2.45, 2.75) is 5.75 Å². The molecule has 5 nitrogen and oxygen atoms in total. The molecule has 0 aliphatic rings. The second-order valence-electron chi connectivity index (χ2n) is 4.52. The first-order chi connectivity index (χ1) is 10.0. The van der Waals surface area contributed by atoms with Crippen molar-refractivity contribution in [2.24, 2.45) is 0 Å². The van der Waals surface area contributed by atoms with E-state index in [2.05, 4.69) is 4.72 Å². The third-order valence-electron chi connectivity index (χ3n) is 2.92. The molecule has 2 N–H and O–H groups in total. The Hall–Kier alpha value is -1.83. The highest BCUT2D eigenvalue weighted by Crippen LogP contribution is 2.11.